The molecule has 1 aliphatic rings. The van der Waals surface area contributed by atoms with Crippen molar-refractivity contribution in [2.45, 2.75) is 26.4 Å². The molecule has 3 nitrogen and oxygen atoms in total. The Morgan fingerprint density at radius 1 is 1.60 bits per heavy atom. The Morgan fingerprint density at radius 3 is 2.70 bits per heavy atom. The fraction of sp³-hybridized carbons (Fsp3) is 1.00. The third-order valence-electron chi connectivity index (χ3n) is 1.33. The monoisotopic (exact) mass is 145 g/mol. The number of rotatable bonds is 4. The van der Waals surface area contributed by atoms with Gasteiger partial charge in [0.05, 0.1) is 6.61 Å². The molecule has 3 heteroatoms. The normalized spacial score (nSPS) is 31.2. The lowest BCUT2D eigenvalue weighted by molar-refractivity contribution is 0.0342. The zero-order chi connectivity index (χ0) is 7.56. The minimum atomic E-state index is 0.00685. The van der Waals surface area contributed by atoms with Crippen LogP contribution < -0.4 is 5.32 Å². The second kappa shape index (κ2) is 3.32. The van der Waals surface area contributed by atoms with Crippen molar-refractivity contribution in [3.8, 4) is 0 Å². The molecule has 0 spiro atoms. The van der Waals surface area contributed by atoms with Crippen LogP contribution in [0.5, 0.6) is 0 Å². The zero-order valence-corrected chi connectivity index (χ0v) is 6.76. The minimum Gasteiger partial charge on any atom is -0.348 e. The van der Waals surface area contributed by atoms with Gasteiger partial charge < -0.3 is 9.47 Å². The molecule has 2 unspecified atom stereocenters. The zero-order valence-electron chi connectivity index (χ0n) is 6.76. The van der Waals surface area contributed by atoms with Crippen LogP contribution in [0.1, 0.15) is 13.8 Å². The summed E-state index contributed by atoms with van der Waals surface area (Å²) in [6, 6.07) is 0. The van der Waals surface area contributed by atoms with Gasteiger partial charge in [-0.15, -0.1) is 0 Å². The average Bonchev–Trinajstić information content (AvgIpc) is 2.61. The van der Waals surface area contributed by atoms with E-state index in [0.29, 0.717) is 5.92 Å². The number of likely N-dealkylation sites (N-methyl/N-ethyl adjacent to an activating group) is 1. The summed E-state index contributed by atoms with van der Waals surface area (Å²) in [4.78, 5) is 0. The topological polar surface area (TPSA) is 33.8 Å². The lowest BCUT2D eigenvalue weighted by Gasteiger charge is -2.02. The largest absolute Gasteiger partial charge is 0.348 e. The summed E-state index contributed by atoms with van der Waals surface area (Å²) in [5.41, 5.74) is 0. The molecule has 1 aliphatic heterocycles. The van der Waals surface area contributed by atoms with Gasteiger partial charge in [0.1, 0.15) is 0 Å². The average molecular weight is 145 g/mol. The second-order valence-corrected chi connectivity index (χ2v) is 2.94. The summed E-state index contributed by atoms with van der Waals surface area (Å²) < 4.78 is 10.4. The van der Waals surface area contributed by atoms with Crippen molar-refractivity contribution in [2.75, 3.05) is 13.7 Å². The van der Waals surface area contributed by atoms with E-state index in [1.165, 1.54) is 0 Å². The standard InChI is InChI=1S/C7H15NO2/c1-5(2)4-9-7-6(8-3)10-7/h5-8H,4H2,1-3H3. The summed E-state index contributed by atoms with van der Waals surface area (Å²) in [6.45, 7) is 5.02. The molecular formula is C7H15NO2. The van der Waals surface area contributed by atoms with Crippen molar-refractivity contribution in [3.05, 3.63) is 0 Å². The van der Waals surface area contributed by atoms with Gasteiger partial charge in [-0.05, 0) is 13.0 Å². The molecule has 2 atom stereocenters. The summed E-state index contributed by atoms with van der Waals surface area (Å²) >= 11 is 0. The molecule has 1 saturated heterocycles. The molecule has 1 N–H and O–H groups in total. The smallest absolute Gasteiger partial charge is 0.199 e. The van der Waals surface area contributed by atoms with Crippen LogP contribution >= 0.6 is 0 Å². The molecule has 0 saturated carbocycles. The second-order valence-electron chi connectivity index (χ2n) is 2.94. The Balaban J connectivity index is 1.96. The number of epoxide rings is 1. The summed E-state index contributed by atoms with van der Waals surface area (Å²) in [5.74, 6) is 0.585. The van der Waals surface area contributed by atoms with Gasteiger partial charge >= 0.3 is 0 Å². The first-order valence-electron chi connectivity index (χ1n) is 3.68. The molecule has 10 heavy (non-hydrogen) atoms. The van der Waals surface area contributed by atoms with Gasteiger partial charge in [-0.25, -0.2) is 0 Å². The van der Waals surface area contributed by atoms with E-state index in [0.717, 1.165) is 6.61 Å². The lowest BCUT2D eigenvalue weighted by Crippen LogP contribution is -2.16. The first-order valence-corrected chi connectivity index (χ1v) is 3.68. The van der Waals surface area contributed by atoms with E-state index in [9.17, 15) is 0 Å². The Labute approximate surface area is 61.7 Å². The van der Waals surface area contributed by atoms with E-state index in [1.807, 2.05) is 7.05 Å². The highest BCUT2D eigenvalue weighted by atomic mass is 16.8. The fourth-order valence-corrected chi connectivity index (χ4v) is 0.717. The first kappa shape index (κ1) is 7.98. The van der Waals surface area contributed by atoms with Crippen molar-refractivity contribution in [1.82, 2.24) is 5.32 Å². The number of hydrogen-bond donors (Lipinski definition) is 1. The highest BCUT2D eigenvalue weighted by Gasteiger charge is 2.38. The van der Waals surface area contributed by atoms with Crippen LogP contribution in [0.2, 0.25) is 0 Å². The maximum Gasteiger partial charge on any atom is 0.199 e. The molecule has 0 aliphatic carbocycles. The van der Waals surface area contributed by atoms with Gasteiger partial charge in [0, 0.05) is 0 Å². The fourth-order valence-electron chi connectivity index (χ4n) is 0.717. The van der Waals surface area contributed by atoms with Crippen LogP contribution in [-0.2, 0) is 9.47 Å². The summed E-state index contributed by atoms with van der Waals surface area (Å²) in [7, 11) is 1.86. The molecule has 0 aromatic rings. The van der Waals surface area contributed by atoms with E-state index < -0.39 is 0 Å². The molecule has 1 heterocycles. The molecular weight excluding hydrogens is 130 g/mol. The predicted octanol–water partition coefficient (Wildman–Crippen LogP) is 0.561. The minimum absolute atomic E-state index is 0.00685. The van der Waals surface area contributed by atoms with Crippen molar-refractivity contribution in [3.63, 3.8) is 0 Å². The molecule has 0 aromatic heterocycles. The van der Waals surface area contributed by atoms with E-state index in [-0.39, 0.29) is 12.5 Å². The van der Waals surface area contributed by atoms with Gasteiger partial charge in [-0.2, -0.15) is 0 Å². The van der Waals surface area contributed by atoms with Crippen LogP contribution in [0.4, 0.5) is 0 Å². The van der Waals surface area contributed by atoms with Gasteiger partial charge in [0.15, 0.2) is 12.5 Å². The Hall–Kier alpha value is -0.120. The number of hydrogen-bond acceptors (Lipinski definition) is 3. The van der Waals surface area contributed by atoms with Crippen LogP contribution in [-0.4, -0.2) is 26.2 Å². The Bertz CT molecular complexity index is 106. The maximum absolute atomic E-state index is 5.33. The lowest BCUT2D eigenvalue weighted by atomic mass is 10.2. The summed E-state index contributed by atoms with van der Waals surface area (Å²) in [6.07, 6.45) is 0.145. The molecule has 0 radical (unpaired) electrons. The van der Waals surface area contributed by atoms with Crippen molar-refractivity contribution >= 4 is 0 Å². The van der Waals surface area contributed by atoms with Crippen LogP contribution in [0.25, 0.3) is 0 Å². The van der Waals surface area contributed by atoms with Crippen molar-refractivity contribution < 1.29 is 9.47 Å². The molecule has 1 fully saturated rings. The Morgan fingerprint density at radius 2 is 2.30 bits per heavy atom. The SMILES string of the molecule is CNC1OC1OCC(C)C. The predicted molar refractivity (Wildman–Crippen MR) is 38.5 cm³/mol. The number of ether oxygens (including phenoxy) is 2. The van der Waals surface area contributed by atoms with Gasteiger partial charge in [0.2, 0.25) is 0 Å². The number of nitrogens with one attached hydrogen (secondary N) is 1. The highest BCUT2D eigenvalue weighted by molar-refractivity contribution is 4.71. The molecule has 0 bridgehead atoms. The highest BCUT2D eigenvalue weighted by Crippen LogP contribution is 2.20. The van der Waals surface area contributed by atoms with E-state index >= 15 is 0 Å². The Kier molecular flexibility index (Phi) is 2.65. The quantitative estimate of drug-likeness (QED) is 0.587. The van der Waals surface area contributed by atoms with E-state index in [1.54, 1.807) is 0 Å². The van der Waals surface area contributed by atoms with Gasteiger partial charge in [-0.1, -0.05) is 13.8 Å². The van der Waals surface area contributed by atoms with Crippen LogP contribution in [0.3, 0.4) is 0 Å². The van der Waals surface area contributed by atoms with Crippen LogP contribution in [0.15, 0.2) is 0 Å². The molecule has 0 amide bonds. The van der Waals surface area contributed by atoms with Gasteiger partial charge in [0.25, 0.3) is 0 Å². The van der Waals surface area contributed by atoms with Crippen LogP contribution in [0, 0.1) is 5.92 Å². The molecule has 0 aromatic carbocycles. The van der Waals surface area contributed by atoms with Crippen molar-refractivity contribution in [1.29, 1.82) is 0 Å². The van der Waals surface area contributed by atoms with Gasteiger partial charge in [-0.3, -0.25) is 5.32 Å². The third-order valence-corrected chi connectivity index (χ3v) is 1.33. The van der Waals surface area contributed by atoms with Crippen molar-refractivity contribution in [2.24, 2.45) is 5.92 Å². The third kappa shape index (κ3) is 2.25. The molecule has 1 rings (SSSR count). The molecule has 60 valence electrons. The summed E-state index contributed by atoms with van der Waals surface area (Å²) in [5, 5.41) is 2.97. The first-order chi connectivity index (χ1) is 4.74. The van der Waals surface area contributed by atoms with E-state index in [2.05, 4.69) is 19.2 Å². The van der Waals surface area contributed by atoms with E-state index in [4.69, 9.17) is 9.47 Å². The maximum atomic E-state index is 5.33.